The van der Waals surface area contributed by atoms with Crippen molar-refractivity contribution in [2.24, 2.45) is 0 Å². The normalized spacial score (nSPS) is 16.4. The average Bonchev–Trinajstić information content (AvgIpc) is 3.47. The van der Waals surface area contributed by atoms with Gasteiger partial charge in [-0.05, 0) is 67.3 Å². The Bertz CT molecular complexity index is 1310. The van der Waals surface area contributed by atoms with Crippen LogP contribution in [0.5, 0.6) is 0 Å². The molecule has 0 bridgehead atoms. The van der Waals surface area contributed by atoms with Crippen LogP contribution in [-0.4, -0.2) is 15.3 Å². The van der Waals surface area contributed by atoms with E-state index in [-0.39, 0.29) is 6.04 Å². The molecule has 3 heterocycles. The summed E-state index contributed by atoms with van der Waals surface area (Å²) in [7, 11) is 0. The van der Waals surface area contributed by atoms with Crippen molar-refractivity contribution < 1.29 is 4.52 Å². The highest BCUT2D eigenvalue weighted by Crippen LogP contribution is 2.39. The van der Waals surface area contributed by atoms with Gasteiger partial charge in [-0.1, -0.05) is 52.7 Å². The van der Waals surface area contributed by atoms with Crippen molar-refractivity contribution in [3.63, 3.8) is 0 Å². The molecule has 160 valence electrons. The van der Waals surface area contributed by atoms with Gasteiger partial charge >= 0.3 is 0 Å². The number of nitrogens with zero attached hydrogens (tertiary/aromatic N) is 3. The van der Waals surface area contributed by atoms with E-state index in [0.717, 1.165) is 27.4 Å². The van der Waals surface area contributed by atoms with Gasteiger partial charge in [0.15, 0.2) is 5.11 Å². The van der Waals surface area contributed by atoms with Crippen molar-refractivity contribution >= 4 is 51.5 Å². The number of benzene rings is 2. The lowest BCUT2D eigenvalue weighted by molar-refractivity contribution is 0.404. The molecule has 0 spiro atoms. The van der Waals surface area contributed by atoms with Gasteiger partial charge in [-0.3, -0.25) is 4.90 Å². The summed E-state index contributed by atoms with van der Waals surface area (Å²) >= 11 is 13.7. The van der Waals surface area contributed by atoms with Gasteiger partial charge in [0.1, 0.15) is 0 Å². The van der Waals surface area contributed by atoms with Gasteiger partial charge < -0.3 is 9.84 Å². The van der Waals surface area contributed by atoms with Gasteiger partial charge in [0.2, 0.25) is 5.82 Å². The zero-order chi connectivity index (χ0) is 22.2. The predicted molar refractivity (Wildman–Crippen MR) is 134 cm³/mol. The standard InChI is InChI=1S/C24H19ClN4OS2/c1-14-8-10-18(11-9-14)29-15(2)20(23-27-22(28-30-23)19-7-4-12-32-19)21(26-24(29)31)16-5-3-6-17(25)13-16/h3-13,21H,1-2H3,(H,26,31). The van der Waals surface area contributed by atoms with Crippen LogP contribution in [-0.2, 0) is 0 Å². The van der Waals surface area contributed by atoms with Crippen molar-refractivity contribution in [1.82, 2.24) is 15.5 Å². The number of thiocarbonyl (C=S) groups is 1. The molecule has 5 rings (SSSR count). The second-order valence-electron chi connectivity index (χ2n) is 7.51. The molecule has 1 unspecified atom stereocenters. The zero-order valence-corrected chi connectivity index (χ0v) is 19.8. The molecule has 32 heavy (non-hydrogen) atoms. The number of aryl methyl sites for hydroxylation is 1. The van der Waals surface area contributed by atoms with Gasteiger partial charge in [-0.15, -0.1) is 11.3 Å². The molecule has 0 saturated carbocycles. The van der Waals surface area contributed by atoms with Gasteiger partial charge in [0.05, 0.1) is 16.5 Å². The minimum atomic E-state index is -0.278. The summed E-state index contributed by atoms with van der Waals surface area (Å²) in [5.41, 5.74) is 4.89. The molecule has 0 aliphatic carbocycles. The summed E-state index contributed by atoms with van der Waals surface area (Å²) in [4.78, 5) is 7.68. The Morgan fingerprint density at radius 2 is 1.91 bits per heavy atom. The highest BCUT2D eigenvalue weighted by Gasteiger charge is 2.34. The van der Waals surface area contributed by atoms with E-state index in [1.54, 1.807) is 11.3 Å². The Hall–Kier alpha value is -3.00. The Kier molecular flexibility index (Phi) is 5.55. The van der Waals surface area contributed by atoms with E-state index in [1.807, 2.05) is 53.6 Å². The van der Waals surface area contributed by atoms with Crippen LogP contribution in [0.15, 0.2) is 76.3 Å². The van der Waals surface area contributed by atoms with Gasteiger partial charge in [0, 0.05) is 16.4 Å². The molecule has 1 aliphatic rings. The van der Waals surface area contributed by atoms with Gasteiger partial charge in [-0.25, -0.2) is 0 Å². The highest BCUT2D eigenvalue weighted by atomic mass is 35.5. The lowest BCUT2D eigenvalue weighted by atomic mass is 9.94. The minimum absolute atomic E-state index is 0.278. The number of rotatable bonds is 4. The smallest absolute Gasteiger partial charge is 0.258 e. The molecule has 0 amide bonds. The van der Waals surface area contributed by atoms with Crippen LogP contribution in [0, 0.1) is 6.92 Å². The Morgan fingerprint density at radius 1 is 1.09 bits per heavy atom. The first-order chi connectivity index (χ1) is 15.5. The van der Waals surface area contributed by atoms with Crippen molar-refractivity contribution in [2.45, 2.75) is 19.9 Å². The maximum absolute atomic E-state index is 6.30. The number of hydrogen-bond acceptors (Lipinski definition) is 5. The second kappa shape index (κ2) is 8.50. The number of thiophene rings is 1. The minimum Gasteiger partial charge on any atom is -0.351 e. The van der Waals surface area contributed by atoms with E-state index >= 15 is 0 Å². The van der Waals surface area contributed by atoms with Crippen LogP contribution < -0.4 is 10.2 Å². The molecular weight excluding hydrogens is 460 g/mol. The van der Waals surface area contributed by atoms with E-state index in [4.69, 9.17) is 33.3 Å². The zero-order valence-electron chi connectivity index (χ0n) is 17.4. The SMILES string of the molecule is CC1=C(c2nc(-c3cccs3)no2)C(c2cccc(Cl)c2)NC(=S)N1c1ccc(C)cc1. The lowest BCUT2D eigenvalue weighted by Gasteiger charge is -2.37. The molecule has 0 saturated heterocycles. The Balaban J connectivity index is 1.67. The van der Waals surface area contributed by atoms with Crippen LogP contribution in [0.3, 0.4) is 0 Å². The first-order valence-corrected chi connectivity index (χ1v) is 11.7. The summed E-state index contributed by atoms with van der Waals surface area (Å²) in [5, 5.41) is 10.9. The molecule has 2 aromatic carbocycles. The van der Waals surface area contributed by atoms with E-state index in [9.17, 15) is 0 Å². The Labute approximate surface area is 200 Å². The molecule has 0 radical (unpaired) electrons. The monoisotopic (exact) mass is 478 g/mol. The third-order valence-corrected chi connectivity index (χ3v) is 6.76. The number of aromatic nitrogens is 2. The first kappa shape index (κ1) is 20.9. The third-order valence-electron chi connectivity index (χ3n) is 5.36. The van der Waals surface area contributed by atoms with E-state index in [2.05, 4.69) is 41.7 Å². The summed E-state index contributed by atoms with van der Waals surface area (Å²) < 4.78 is 5.76. The summed E-state index contributed by atoms with van der Waals surface area (Å²) in [6.07, 6.45) is 0. The number of halogens is 1. The largest absolute Gasteiger partial charge is 0.351 e. The number of allylic oxidation sites excluding steroid dienone is 1. The lowest BCUT2D eigenvalue weighted by Crippen LogP contribution is -2.46. The quantitative estimate of drug-likeness (QED) is 0.332. The van der Waals surface area contributed by atoms with Crippen LogP contribution >= 0.6 is 35.2 Å². The fraction of sp³-hybridized carbons (Fsp3) is 0.125. The van der Waals surface area contributed by atoms with Crippen molar-refractivity contribution in [3.8, 4) is 10.7 Å². The van der Waals surface area contributed by atoms with E-state index < -0.39 is 0 Å². The molecule has 0 fully saturated rings. The molecule has 4 aromatic rings. The highest BCUT2D eigenvalue weighted by molar-refractivity contribution is 7.80. The number of anilines is 1. The van der Waals surface area contributed by atoms with Gasteiger partial charge in [0.25, 0.3) is 5.89 Å². The molecule has 2 aromatic heterocycles. The summed E-state index contributed by atoms with van der Waals surface area (Å²) in [6.45, 7) is 4.08. The van der Waals surface area contributed by atoms with E-state index in [1.165, 1.54) is 5.56 Å². The van der Waals surface area contributed by atoms with Crippen LogP contribution in [0.4, 0.5) is 5.69 Å². The van der Waals surface area contributed by atoms with Crippen molar-refractivity contribution in [3.05, 3.63) is 93.8 Å². The molecule has 1 atom stereocenters. The van der Waals surface area contributed by atoms with Gasteiger partial charge in [-0.2, -0.15) is 4.98 Å². The fourth-order valence-corrected chi connectivity index (χ4v) is 5.01. The van der Waals surface area contributed by atoms with Crippen molar-refractivity contribution in [1.29, 1.82) is 0 Å². The number of hydrogen-bond donors (Lipinski definition) is 1. The topological polar surface area (TPSA) is 54.2 Å². The molecule has 5 nitrogen and oxygen atoms in total. The van der Waals surface area contributed by atoms with Crippen LogP contribution in [0.1, 0.15) is 30.0 Å². The summed E-state index contributed by atoms with van der Waals surface area (Å²) in [6, 6.07) is 19.6. The maximum Gasteiger partial charge on any atom is 0.258 e. The third kappa shape index (κ3) is 3.83. The van der Waals surface area contributed by atoms with E-state index in [0.29, 0.717) is 21.9 Å². The molecule has 1 aliphatic heterocycles. The van der Waals surface area contributed by atoms with Crippen LogP contribution in [0.25, 0.3) is 16.3 Å². The predicted octanol–water partition coefficient (Wildman–Crippen LogP) is 6.63. The first-order valence-electron chi connectivity index (χ1n) is 10.0. The molecule has 8 heteroatoms. The molecular formula is C24H19ClN4OS2. The summed E-state index contributed by atoms with van der Waals surface area (Å²) in [5.74, 6) is 1.01. The fourth-order valence-electron chi connectivity index (χ4n) is 3.80. The van der Waals surface area contributed by atoms with Crippen LogP contribution in [0.2, 0.25) is 5.02 Å². The number of nitrogens with one attached hydrogen (secondary N) is 1. The molecule has 1 N–H and O–H groups in total. The maximum atomic E-state index is 6.30. The van der Waals surface area contributed by atoms with Crippen molar-refractivity contribution in [2.75, 3.05) is 4.90 Å². The average molecular weight is 479 g/mol. The second-order valence-corrected chi connectivity index (χ2v) is 9.28. The Morgan fingerprint density at radius 3 is 2.62 bits per heavy atom.